The van der Waals surface area contributed by atoms with Crippen molar-refractivity contribution in [3.63, 3.8) is 0 Å². The summed E-state index contributed by atoms with van der Waals surface area (Å²) in [7, 11) is 1.59. The molecular formula is C12H21ClN4O3. The number of rotatable bonds is 9. The van der Waals surface area contributed by atoms with Crippen LogP contribution >= 0.6 is 11.6 Å². The predicted molar refractivity (Wildman–Crippen MR) is 76.2 cm³/mol. The number of nitrogens with zero attached hydrogens (tertiary/aromatic N) is 3. The van der Waals surface area contributed by atoms with Crippen LogP contribution in [0.15, 0.2) is 0 Å². The predicted octanol–water partition coefficient (Wildman–Crippen LogP) is 1.51. The molecule has 8 heteroatoms. The zero-order chi connectivity index (χ0) is 15.0. The summed E-state index contributed by atoms with van der Waals surface area (Å²) >= 11 is 5.80. The van der Waals surface area contributed by atoms with E-state index in [9.17, 15) is 5.11 Å². The number of hydrogen-bond donors (Lipinski definition) is 2. The Bertz CT molecular complexity index is 418. The third kappa shape index (κ3) is 6.31. The molecule has 0 aliphatic carbocycles. The molecule has 1 rings (SSSR count). The maximum Gasteiger partial charge on any atom is 0.322 e. The van der Waals surface area contributed by atoms with Gasteiger partial charge >= 0.3 is 6.01 Å². The van der Waals surface area contributed by atoms with Crippen LogP contribution in [0.1, 0.15) is 26.7 Å². The van der Waals surface area contributed by atoms with Crippen LogP contribution in [0, 0.1) is 0 Å². The third-order valence-corrected chi connectivity index (χ3v) is 2.66. The highest BCUT2D eigenvalue weighted by molar-refractivity contribution is 6.28. The summed E-state index contributed by atoms with van der Waals surface area (Å²) in [6.45, 7) is 4.93. The van der Waals surface area contributed by atoms with Gasteiger partial charge in [-0.1, -0.05) is 6.92 Å². The van der Waals surface area contributed by atoms with Crippen molar-refractivity contribution in [2.75, 3.05) is 32.2 Å². The van der Waals surface area contributed by atoms with Gasteiger partial charge in [-0.25, -0.2) is 0 Å². The van der Waals surface area contributed by atoms with Gasteiger partial charge in [0.05, 0.1) is 12.2 Å². The van der Waals surface area contributed by atoms with Gasteiger partial charge in [0.15, 0.2) is 0 Å². The van der Waals surface area contributed by atoms with Gasteiger partial charge in [-0.05, 0) is 24.9 Å². The summed E-state index contributed by atoms with van der Waals surface area (Å²) in [5, 5.41) is 13.1. The van der Waals surface area contributed by atoms with Gasteiger partial charge in [-0.15, -0.1) is 0 Å². The second kappa shape index (κ2) is 8.18. The quantitative estimate of drug-likeness (QED) is 0.714. The number of aromatic nitrogens is 3. The zero-order valence-corrected chi connectivity index (χ0v) is 12.8. The smallest absolute Gasteiger partial charge is 0.322 e. The number of anilines is 1. The molecule has 0 aliphatic heterocycles. The fourth-order valence-corrected chi connectivity index (χ4v) is 1.50. The van der Waals surface area contributed by atoms with Gasteiger partial charge in [0.1, 0.15) is 0 Å². The molecule has 0 amide bonds. The van der Waals surface area contributed by atoms with Gasteiger partial charge < -0.3 is 19.9 Å². The van der Waals surface area contributed by atoms with Crippen molar-refractivity contribution in [1.29, 1.82) is 0 Å². The molecule has 20 heavy (non-hydrogen) atoms. The molecule has 0 aliphatic rings. The van der Waals surface area contributed by atoms with Crippen molar-refractivity contribution in [3.8, 4) is 6.01 Å². The van der Waals surface area contributed by atoms with E-state index in [0.29, 0.717) is 19.6 Å². The molecule has 7 nitrogen and oxygen atoms in total. The first-order valence-corrected chi connectivity index (χ1v) is 6.84. The van der Waals surface area contributed by atoms with E-state index in [0.717, 1.165) is 6.42 Å². The number of ether oxygens (including phenoxy) is 2. The van der Waals surface area contributed by atoms with E-state index in [2.05, 4.69) is 20.3 Å². The maximum atomic E-state index is 10.1. The van der Waals surface area contributed by atoms with E-state index >= 15 is 0 Å². The van der Waals surface area contributed by atoms with Crippen LogP contribution in [0.3, 0.4) is 0 Å². The summed E-state index contributed by atoms with van der Waals surface area (Å²) in [5.41, 5.74) is -0.931. The van der Waals surface area contributed by atoms with Crippen molar-refractivity contribution < 1.29 is 14.6 Å². The average Bonchev–Trinajstić information content (AvgIpc) is 2.40. The Kier molecular flexibility index (Phi) is 6.90. The normalized spacial score (nSPS) is 13.8. The minimum atomic E-state index is -0.931. The van der Waals surface area contributed by atoms with Crippen LogP contribution in [0.4, 0.5) is 5.95 Å². The summed E-state index contributed by atoms with van der Waals surface area (Å²) in [6.07, 6.45) is 1.34. The van der Waals surface area contributed by atoms with Crippen LogP contribution < -0.4 is 10.1 Å². The van der Waals surface area contributed by atoms with E-state index in [1.807, 2.05) is 6.92 Å². The van der Waals surface area contributed by atoms with E-state index in [-0.39, 0.29) is 23.8 Å². The molecule has 0 aromatic carbocycles. The molecule has 1 aromatic rings. The molecule has 0 spiro atoms. The van der Waals surface area contributed by atoms with Crippen molar-refractivity contribution in [2.45, 2.75) is 32.3 Å². The molecule has 0 saturated carbocycles. The molecule has 2 N–H and O–H groups in total. The number of hydrogen-bond acceptors (Lipinski definition) is 7. The van der Waals surface area contributed by atoms with E-state index in [4.69, 9.17) is 21.1 Å². The van der Waals surface area contributed by atoms with Crippen molar-refractivity contribution in [1.82, 2.24) is 15.0 Å². The standard InChI is InChI=1S/C12H21ClN4O3/c1-4-6-20-11-16-9(13)15-10(17-11)14-8-12(2,18)5-7-19-3/h18H,4-8H2,1-3H3,(H,14,15,16,17). The summed E-state index contributed by atoms with van der Waals surface area (Å²) in [6, 6.07) is 0.172. The highest BCUT2D eigenvalue weighted by Gasteiger charge is 2.20. The third-order valence-electron chi connectivity index (χ3n) is 2.49. The maximum absolute atomic E-state index is 10.1. The highest BCUT2D eigenvalue weighted by Crippen LogP contribution is 2.14. The Morgan fingerprint density at radius 3 is 2.70 bits per heavy atom. The molecule has 0 saturated heterocycles. The highest BCUT2D eigenvalue weighted by atomic mass is 35.5. The largest absolute Gasteiger partial charge is 0.463 e. The van der Waals surface area contributed by atoms with Crippen LogP contribution in [0.5, 0.6) is 6.01 Å². The second-order valence-corrected chi connectivity index (χ2v) is 4.99. The molecule has 1 unspecified atom stereocenters. The Balaban J connectivity index is 2.60. The van der Waals surface area contributed by atoms with Crippen molar-refractivity contribution in [3.05, 3.63) is 5.28 Å². The van der Waals surface area contributed by atoms with Gasteiger partial charge in [-0.3, -0.25) is 0 Å². The first kappa shape index (κ1) is 16.9. The number of aliphatic hydroxyl groups is 1. The van der Waals surface area contributed by atoms with E-state index in [1.54, 1.807) is 14.0 Å². The number of halogens is 1. The monoisotopic (exact) mass is 304 g/mol. The summed E-state index contributed by atoms with van der Waals surface area (Å²) in [4.78, 5) is 11.9. The van der Waals surface area contributed by atoms with Gasteiger partial charge in [0.2, 0.25) is 11.2 Å². The lowest BCUT2D eigenvalue weighted by atomic mass is 10.0. The van der Waals surface area contributed by atoms with E-state index < -0.39 is 5.60 Å². The molecule has 0 fully saturated rings. The SMILES string of the molecule is CCCOc1nc(Cl)nc(NCC(C)(O)CCOC)n1. The Morgan fingerprint density at radius 1 is 1.30 bits per heavy atom. The van der Waals surface area contributed by atoms with Crippen molar-refractivity contribution in [2.24, 2.45) is 0 Å². The van der Waals surface area contributed by atoms with E-state index in [1.165, 1.54) is 0 Å². The molecular weight excluding hydrogens is 284 g/mol. The molecule has 1 heterocycles. The van der Waals surface area contributed by atoms with Gasteiger partial charge in [0.25, 0.3) is 0 Å². The topological polar surface area (TPSA) is 89.4 Å². The molecule has 1 aromatic heterocycles. The van der Waals surface area contributed by atoms with Crippen LogP contribution in [0.25, 0.3) is 0 Å². The summed E-state index contributed by atoms with van der Waals surface area (Å²) in [5.74, 6) is 0.272. The Hall–Kier alpha value is -1.18. The Morgan fingerprint density at radius 2 is 2.05 bits per heavy atom. The zero-order valence-electron chi connectivity index (χ0n) is 12.0. The van der Waals surface area contributed by atoms with Crippen LogP contribution in [0.2, 0.25) is 5.28 Å². The minimum absolute atomic E-state index is 0.0464. The first-order valence-electron chi connectivity index (χ1n) is 6.46. The molecule has 0 bridgehead atoms. The first-order chi connectivity index (χ1) is 9.46. The molecule has 1 atom stereocenters. The lowest BCUT2D eigenvalue weighted by Gasteiger charge is -2.23. The van der Waals surface area contributed by atoms with Crippen molar-refractivity contribution >= 4 is 17.5 Å². The fraction of sp³-hybridized carbons (Fsp3) is 0.750. The van der Waals surface area contributed by atoms with Crippen LogP contribution in [-0.2, 0) is 4.74 Å². The van der Waals surface area contributed by atoms with Crippen LogP contribution in [-0.4, -0.2) is 52.5 Å². The Labute approximate surface area is 123 Å². The molecule has 0 radical (unpaired) electrons. The lowest BCUT2D eigenvalue weighted by molar-refractivity contribution is 0.0356. The fourth-order valence-electron chi connectivity index (χ4n) is 1.35. The number of nitrogens with one attached hydrogen (secondary N) is 1. The second-order valence-electron chi connectivity index (χ2n) is 4.65. The average molecular weight is 305 g/mol. The van der Waals surface area contributed by atoms with Gasteiger partial charge in [-0.2, -0.15) is 15.0 Å². The summed E-state index contributed by atoms with van der Waals surface area (Å²) < 4.78 is 10.2. The number of methoxy groups -OCH3 is 1. The minimum Gasteiger partial charge on any atom is -0.463 e. The van der Waals surface area contributed by atoms with Gasteiger partial charge in [0, 0.05) is 26.7 Å². The lowest BCUT2D eigenvalue weighted by Crippen LogP contribution is -2.35. The molecule has 114 valence electrons.